The molecule has 0 N–H and O–H groups in total. The summed E-state index contributed by atoms with van der Waals surface area (Å²) in [6.45, 7) is 13.9. The molecule has 0 spiro atoms. The Bertz CT molecular complexity index is 1400. The minimum atomic E-state index is -0.490. The number of para-hydroxylation sites is 1. The average Bonchev–Trinajstić information content (AvgIpc) is 3.45. The van der Waals surface area contributed by atoms with Crippen molar-refractivity contribution >= 4 is 23.1 Å². The lowest BCUT2D eigenvalue weighted by Crippen LogP contribution is -2.60. The summed E-state index contributed by atoms with van der Waals surface area (Å²) < 4.78 is 7.09. The Labute approximate surface area is 310 Å². The fraction of sp³-hybridized carbons (Fsp3) is 0.689. The van der Waals surface area contributed by atoms with Crippen LogP contribution in [0.1, 0.15) is 158 Å². The highest BCUT2D eigenvalue weighted by atomic mass is 16.5. The van der Waals surface area contributed by atoms with E-state index in [0.29, 0.717) is 25.1 Å². The fourth-order valence-electron chi connectivity index (χ4n) is 9.14. The molecule has 2 aromatic carbocycles. The number of aryl methyl sites for hydroxylation is 1. The Morgan fingerprint density at radius 1 is 0.843 bits per heavy atom. The minimum absolute atomic E-state index is 0.0624. The largest absolute Gasteiger partial charge is 0.415 e. The van der Waals surface area contributed by atoms with Crippen LogP contribution in [-0.4, -0.2) is 68.8 Å². The van der Waals surface area contributed by atoms with Crippen molar-refractivity contribution < 1.29 is 18.8 Å². The van der Waals surface area contributed by atoms with Crippen molar-refractivity contribution in [1.82, 2.24) is 0 Å². The van der Waals surface area contributed by atoms with E-state index in [-0.39, 0.29) is 11.8 Å². The maximum Gasteiger partial charge on any atom is 0.315 e. The number of benzene rings is 2. The van der Waals surface area contributed by atoms with Gasteiger partial charge in [0.25, 0.3) is 0 Å². The van der Waals surface area contributed by atoms with E-state index < -0.39 is 5.41 Å². The molecule has 6 nitrogen and oxygen atoms in total. The molecule has 1 saturated heterocycles. The summed E-state index contributed by atoms with van der Waals surface area (Å²) in [5, 5.41) is 0. The Hall–Kier alpha value is -2.86. The zero-order chi connectivity index (χ0) is 36.3. The molecule has 51 heavy (non-hydrogen) atoms. The second-order valence-corrected chi connectivity index (χ2v) is 16.9. The van der Waals surface area contributed by atoms with Crippen molar-refractivity contribution in [2.75, 3.05) is 56.3 Å². The van der Waals surface area contributed by atoms with Crippen LogP contribution >= 0.6 is 0 Å². The number of quaternary nitrogens is 1. The quantitative estimate of drug-likeness (QED) is 0.0530. The number of Topliss-reactive ketones (excluding diaryl/α,β-unsaturated/α-hetero) is 1. The third-order valence-electron chi connectivity index (χ3n) is 12.6. The molecule has 3 atom stereocenters. The summed E-state index contributed by atoms with van der Waals surface area (Å²) in [5.74, 6) is 0.556. The minimum Gasteiger partial charge on any atom is -0.415 e. The number of anilines is 2. The van der Waals surface area contributed by atoms with Gasteiger partial charge in [-0.15, -0.1) is 0 Å². The van der Waals surface area contributed by atoms with Gasteiger partial charge in [0.1, 0.15) is 0 Å². The number of hydrogen-bond acceptors (Lipinski definition) is 5. The number of ether oxygens (including phenoxy) is 1. The number of fused-ring (bicyclic) bond motifs is 3. The second kappa shape index (κ2) is 18.8. The van der Waals surface area contributed by atoms with Crippen LogP contribution in [0.2, 0.25) is 0 Å². The number of rotatable bonds is 22. The van der Waals surface area contributed by atoms with Gasteiger partial charge in [-0.25, -0.2) is 0 Å². The van der Waals surface area contributed by atoms with E-state index in [2.05, 4.69) is 74.9 Å². The van der Waals surface area contributed by atoms with Gasteiger partial charge < -0.3 is 14.5 Å². The van der Waals surface area contributed by atoms with Gasteiger partial charge in [-0.05, 0) is 43.9 Å². The molecule has 0 amide bonds. The van der Waals surface area contributed by atoms with Crippen LogP contribution in [0.25, 0.3) is 0 Å². The van der Waals surface area contributed by atoms with E-state index in [9.17, 15) is 9.59 Å². The normalized spacial score (nSPS) is 21.0. The molecule has 0 bridgehead atoms. The SMILES string of the molecule is CCCCCCCCCCCCCCC(C)(C)C(=O)OC[N+]1(CCCC(=O)c2ccc(CC)cc2)CC[C@H]2[C@@H](C1)c1cccc3c1N2CCN3C. The van der Waals surface area contributed by atoms with Crippen molar-refractivity contribution in [1.29, 1.82) is 0 Å². The van der Waals surface area contributed by atoms with Crippen LogP contribution in [0, 0.1) is 5.41 Å². The van der Waals surface area contributed by atoms with E-state index >= 15 is 0 Å². The molecule has 3 aliphatic rings. The molecule has 6 heteroatoms. The third-order valence-corrected chi connectivity index (χ3v) is 12.6. The summed E-state index contributed by atoms with van der Waals surface area (Å²) in [4.78, 5) is 32.0. The number of carbonyl (C=O) groups is 2. The van der Waals surface area contributed by atoms with Crippen molar-refractivity contribution in [3.05, 3.63) is 59.2 Å². The Morgan fingerprint density at radius 2 is 1.51 bits per heavy atom. The van der Waals surface area contributed by atoms with Gasteiger partial charge in [-0.1, -0.05) is 127 Å². The van der Waals surface area contributed by atoms with Gasteiger partial charge in [0.2, 0.25) is 6.73 Å². The molecule has 282 valence electrons. The average molecular weight is 701 g/mol. The van der Waals surface area contributed by atoms with Gasteiger partial charge in [-0.3, -0.25) is 14.1 Å². The van der Waals surface area contributed by atoms with Crippen molar-refractivity contribution in [3.8, 4) is 0 Å². The molecule has 3 aliphatic heterocycles. The standard InChI is InChI=1S/C45H70N3O3/c1-6-8-9-10-11-12-13-14-15-16-17-18-29-45(3,4)44(50)51-35-48(32-20-23-42(49)37-26-24-36(7-2)25-27-37)33-28-40-39(34-48)38-21-19-22-41-43(38)47(40)31-30-46(41)5/h19,21-22,24-27,39-40H,6-18,20,23,28-35H2,1-5H3/q+1/t39-,40-,48?/m0/s1. The Balaban J connectivity index is 1.15. The molecular formula is C45H70N3O3+. The predicted molar refractivity (Wildman–Crippen MR) is 213 cm³/mol. The number of likely N-dealkylation sites (tertiary alicyclic amines) is 1. The number of likely N-dealkylation sites (N-methyl/N-ethyl adjacent to an activating group) is 1. The van der Waals surface area contributed by atoms with Crippen LogP contribution in [0.3, 0.4) is 0 Å². The monoisotopic (exact) mass is 701 g/mol. The smallest absolute Gasteiger partial charge is 0.315 e. The Kier molecular flexibility index (Phi) is 14.5. The third kappa shape index (κ3) is 10.2. The highest BCUT2D eigenvalue weighted by Gasteiger charge is 2.50. The van der Waals surface area contributed by atoms with Gasteiger partial charge in [0.15, 0.2) is 5.78 Å². The summed E-state index contributed by atoms with van der Waals surface area (Å²) in [6, 6.07) is 15.4. The molecule has 3 heterocycles. The first-order chi connectivity index (χ1) is 24.7. The number of esters is 1. The molecular weight excluding hydrogens is 631 g/mol. The van der Waals surface area contributed by atoms with E-state index in [0.717, 1.165) is 74.9 Å². The van der Waals surface area contributed by atoms with Crippen LogP contribution in [-0.2, 0) is 16.0 Å². The summed E-state index contributed by atoms with van der Waals surface area (Å²) in [5.41, 5.74) is 5.79. The van der Waals surface area contributed by atoms with E-state index in [4.69, 9.17) is 4.74 Å². The summed E-state index contributed by atoms with van der Waals surface area (Å²) in [6.07, 6.45) is 20.1. The molecule has 0 saturated carbocycles. The van der Waals surface area contributed by atoms with Crippen LogP contribution in [0.5, 0.6) is 0 Å². The van der Waals surface area contributed by atoms with Crippen LogP contribution < -0.4 is 9.80 Å². The van der Waals surface area contributed by atoms with Gasteiger partial charge in [-0.2, -0.15) is 0 Å². The van der Waals surface area contributed by atoms with Crippen molar-refractivity contribution in [2.24, 2.45) is 5.41 Å². The second-order valence-electron chi connectivity index (χ2n) is 16.9. The van der Waals surface area contributed by atoms with Gasteiger partial charge in [0.05, 0.1) is 42.3 Å². The highest BCUT2D eigenvalue weighted by Crippen LogP contribution is 2.51. The number of nitrogens with zero attached hydrogens (tertiary/aromatic N) is 3. The topological polar surface area (TPSA) is 49.9 Å². The number of ketones is 1. The summed E-state index contributed by atoms with van der Waals surface area (Å²) in [7, 11) is 2.21. The summed E-state index contributed by atoms with van der Waals surface area (Å²) >= 11 is 0. The van der Waals surface area contributed by atoms with Crippen LogP contribution in [0.4, 0.5) is 11.4 Å². The first-order valence-corrected chi connectivity index (χ1v) is 20.9. The zero-order valence-electron chi connectivity index (χ0n) is 33.0. The number of hydrogen-bond donors (Lipinski definition) is 0. The zero-order valence-corrected chi connectivity index (χ0v) is 33.0. The predicted octanol–water partition coefficient (Wildman–Crippen LogP) is 10.5. The lowest BCUT2D eigenvalue weighted by atomic mass is 9.86. The molecule has 0 radical (unpaired) electrons. The highest BCUT2D eigenvalue weighted by molar-refractivity contribution is 5.96. The molecule has 0 aliphatic carbocycles. The fourth-order valence-corrected chi connectivity index (χ4v) is 9.14. The molecule has 1 unspecified atom stereocenters. The van der Waals surface area contributed by atoms with Gasteiger partial charge >= 0.3 is 5.97 Å². The van der Waals surface area contributed by atoms with E-state index in [1.807, 2.05) is 12.1 Å². The lowest BCUT2D eigenvalue weighted by molar-refractivity contribution is -0.949. The lowest BCUT2D eigenvalue weighted by Gasteiger charge is -2.47. The molecule has 2 aromatic rings. The number of unbranched alkanes of at least 4 members (excludes halogenated alkanes) is 11. The van der Waals surface area contributed by atoms with Crippen molar-refractivity contribution in [2.45, 2.75) is 149 Å². The maximum atomic E-state index is 13.7. The first kappa shape index (κ1) is 39.3. The molecule has 1 fully saturated rings. The Morgan fingerprint density at radius 3 is 2.18 bits per heavy atom. The molecule has 5 rings (SSSR count). The van der Waals surface area contributed by atoms with Crippen molar-refractivity contribution in [3.63, 3.8) is 0 Å². The first-order valence-electron chi connectivity index (χ1n) is 20.9. The van der Waals surface area contributed by atoms with E-state index in [1.165, 1.54) is 93.1 Å². The van der Waals surface area contributed by atoms with E-state index in [1.54, 1.807) is 0 Å². The molecule has 0 aromatic heterocycles. The number of piperidine rings is 1. The number of carbonyl (C=O) groups excluding carboxylic acids is 2. The van der Waals surface area contributed by atoms with Gasteiger partial charge in [0, 0.05) is 51.0 Å². The maximum absolute atomic E-state index is 13.7. The van der Waals surface area contributed by atoms with Crippen LogP contribution in [0.15, 0.2) is 42.5 Å².